The molecule has 178 valence electrons. The summed E-state index contributed by atoms with van der Waals surface area (Å²) in [7, 11) is 3.12. The van der Waals surface area contributed by atoms with Gasteiger partial charge in [0.1, 0.15) is 6.04 Å². The second-order valence-electron chi connectivity index (χ2n) is 7.89. The molecule has 0 saturated heterocycles. The molecule has 7 heteroatoms. The van der Waals surface area contributed by atoms with Crippen molar-refractivity contribution in [3.63, 3.8) is 0 Å². The van der Waals surface area contributed by atoms with E-state index >= 15 is 0 Å². The topological polar surface area (TPSA) is 67.9 Å². The molecule has 1 N–H and O–H groups in total. The number of nitrogens with zero attached hydrogens (tertiary/aromatic N) is 1. The molecule has 0 radical (unpaired) electrons. The molecule has 0 aliphatic heterocycles. The first-order chi connectivity index (χ1) is 16.4. The van der Waals surface area contributed by atoms with Gasteiger partial charge in [0.25, 0.3) is 0 Å². The Hall–Kier alpha value is -3.51. The number of carbonyl (C=O) groups excluding carboxylic acids is 2. The van der Waals surface area contributed by atoms with E-state index in [2.05, 4.69) is 5.32 Å². The first kappa shape index (κ1) is 25.1. The highest BCUT2D eigenvalue weighted by molar-refractivity contribution is 6.30. The second kappa shape index (κ2) is 12.1. The third kappa shape index (κ3) is 6.75. The van der Waals surface area contributed by atoms with Crippen LogP contribution in [-0.2, 0) is 29.1 Å². The van der Waals surface area contributed by atoms with Gasteiger partial charge in [-0.05, 0) is 47.9 Å². The summed E-state index contributed by atoms with van der Waals surface area (Å²) in [5.41, 5.74) is 2.64. The van der Waals surface area contributed by atoms with Crippen molar-refractivity contribution in [2.24, 2.45) is 0 Å². The molecule has 34 heavy (non-hydrogen) atoms. The number of rotatable bonds is 10. The summed E-state index contributed by atoms with van der Waals surface area (Å²) in [5.74, 6) is 0.753. The Labute approximate surface area is 205 Å². The van der Waals surface area contributed by atoms with Crippen LogP contribution in [-0.4, -0.2) is 37.0 Å². The highest BCUT2D eigenvalue weighted by atomic mass is 35.5. The minimum atomic E-state index is -0.667. The average Bonchev–Trinajstić information content (AvgIpc) is 2.86. The van der Waals surface area contributed by atoms with Crippen LogP contribution in [0, 0.1) is 0 Å². The van der Waals surface area contributed by atoms with Crippen LogP contribution in [0.15, 0.2) is 72.8 Å². The van der Waals surface area contributed by atoms with Gasteiger partial charge in [-0.3, -0.25) is 9.59 Å². The number of methoxy groups -OCH3 is 2. The van der Waals surface area contributed by atoms with Gasteiger partial charge in [-0.25, -0.2) is 0 Å². The zero-order valence-electron chi connectivity index (χ0n) is 19.6. The number of ether oxygens (including phenoxy) is 2. The second-order valence-corrected chi connectivity index (χ2v) is 8.33. The van der Waals surface area contributed by atoms with E-state index in [0.717, 1.165) is 16.7 Å². The van der Waals surface area contributed by atoms with Gasteiger partial charge >= 0.3 is 0 Å². The van der Waals surface area contributed by atoms with Crippen LogP contribution in [0.4, 0.5) is 0 Å². The van der Waals surface area contributed by atoms with Gasteiger partial charge in [0.2, 0.25) is 11.8 Å². The summed E-state index contributed by atoms with van der Waals surface area (Å²) in [6.45, 7) is 2.42. The molecule has 3 rings (SSSR count). The fourth-order valence-electron chi connectivity index (χ4n) is 3.57. The fourth-order valence-corrected chi connectivity index (χ4v) is 3.69. The number of hydrogen-bond acceptors (Lipinski definition) is 4. The molecule has 0 unspecified atom stereocenters. The van der Waals surface area contributed by atoms with Crippen LogP contribution < -0.4 is 14.8 Å². The monoisotopic (exact) mass is 480 g/mol. The van der Waals surface area contributed by atoms with Crippen LogP contribution in [0.2, 0.25) is 5.02 Å². The smallest absolute Gasteiger partial charge is 0.242 e. The minimum absolute atomic E-state index is 0.127. The Bertz CT molecular complexity index is 1100. The highest BCUT2D eigenvalue weighted by Crippen LogP contribution is 2.28. The lowest BCUT2D eigenvalue weighted by Gasteiger charge is -2.29. The van der Waals surface area contributed by atoms with Crippen LogP contribution in [0.25, 0.3) is 0 Å². The molecule has 0 aliphatic rings. The molecular formula is C27H29ClN2O4. The first-order valence-electron chi connectivity index (χ1n) is 11.0. The van der Waals surface area contributed by atoms with Crippen molar-refractivity contribution in [3.05, 3.63) is 94.5 Å². The van der Waals surface area contributed by atoms with Gasteiger partial charge < -0.3 is 19.7 Å². The zero-order valence-corrected chi connectivity index (χ0v) is 20.3. The van der Waals surface area contributed by atoms with Crippen LogP contribution >= 0.6 is 11.6 Å². The molecule has 2 amide bonds. The molecule has 3 aromatic carbocycles. The predicted octanol–water partition coefficient (Wildman–Crippen LogP) is 4.63. The first-order valence-corrected chi connectivity index (χ1v) is 11.4. The van der Waals surface area contributed by atoms with Crippen molar-refractivity contribution in [2.75, 3.05) is 14.2 Å². The Morgan fingerprint density at radius 1 is 0.882 bits per heavy atom. The number of carbonyl (C=O) groups is 2. The van der Waals surface area contributed by atoms with E-state index in [9.17, 15) is 9.59 Å². The van der Waals surface area contributed by atoms with Gasteiger partial charge in [-0.1, -0.05) is 60.1 Å². The van der Waals surface area contributed by atoms with E-state index in [1.54, 1.807) is 50.3 Å². The Morgan fingerprint density at radius 2 is 1.53 bits per heavy atom. The van der Waals surface area contributed by atoms with Crippen molar-refractivity contribution >= 4 is 23.4 Å². The maximum Gasteiger partial charge on any atom is 0.242 e. The van der Waals surface area contributed by atoms with E-state index in [-0.39, 0.29) is 18.2 Å². The SMILES string of the molecule is COc1ccc(CC(=O)N(Cc2ccccc2)[C@H](C)C(=O)NCc2ccc(Cl)cc2)cc1OC. The summed E-state index contributed by atoms with van der Waals surface area (Å²) in [5, 5.41) is 3.56. The molecule has 0 aliphatic carbocycles. The summed E-state index contributed by atoms with van der Waals surface area (Å²) < 4.78 is 10.6. The molecule has 0 aromatic heterocycles. The molecule has 0 bridgehead atoms. The normalized spacial score (nSPS) is 11.4. The third-order valence-corrected chi connectivity index (χ3v) is 5.80. The van der Waals surface area contributed by atoms with Crippen molar-refractivity contribution in [1.29, 1.82) is 0 Å². The van der Waals surface area contributed by atoms with E-state index in [0.29, 0.717) is 29.6 Å². The minimum Gasteiger partial charge on any atom is -0.493 e. The molecule has 1 atom stereocenters. The van der Waals surface area contributed by atoms with Crippen molar-refractivity contribution in [3.8, 4) is 11.5 Å². The largest absolute Gasteiger partial charge is 0.493 e. The molecule has 0 spiro atoms. The lowest BCUT2D eigenvalue weighted by Crippen LogP contribution is -2.47. The molecular weight excluding hydrogens is 452 g/mol. The van der Waals surface area contributed by atoms with Crippen LogP contribution in [0.5, 0.6) is 11.5 Å². The Kier molecular flexibility index (Phi) is 8.93. The maximum absolute atomic E-state index is 13.4. The summed E-state index contributed by atoms with van der Waals surface area (Å²) >= 11 is 5.93. The van der Waals surface area contributed by atoms with E-state index in [1.165, 1.54) is 0 Å². The van der Waals surface area contributed by atoms with Crippen molar-refractivity contribution < 1.29 is 19.1 Å². The average molecular weight is 481 g/mol. The zero-order chi connectivity index (χ0) is 24.5. The van der Waals surface area contributed by atoms with E-state index in [1.807, 2.05) is 48.5 Å². The summed E-state index contributed by atoms with van der Waals surface area (Å²) in [4.78, 5) is 28.0. The van der Waals surface area contributed by atoms with Gasteiger partial charge in [0, 0.05) is 18.1 Å². The Balaban J connectivity index is 1.76. The lowest BCUT2D eigenvalue weighted by molar-refractivity contribution is -0.140. The van der Waals surface area contributed by atoms with Gasteiger partial charge in [0.05, 0.1) is 20.6 Å². The molecule has 0 heterocycles. The molecule has 0 saturated carbocycles. The van der Waals surface area contributed by atoms with Crippen LogP contribution in [0.1, 0.15) is 23.6 Å². The van der Waals surface area contributed by atoms with E-state index in [4.69, 9.17) is 21.1 Å². The number of halogens is 1. The maximum atomic E-state index is 13.4. The summed E-state index contributed by atoms with van der Waals surface area (Å²) in [6.07, 6.45) is 0.127. The van der Waals surface area contributed by atoms with Gasteiger partial charge in [-0.15, -0.1) is 0 Å². The lowest BCUT2D eigenvalue weighted by atomic mass is 10.1. The number of hydrogen-bond donors (Lipinski definition) is 1. The van der Waals surface area contributed by atoms with Gasteiger partial charge in [-0.2, -0.15) is 0 Å². The number of benzene rings is 3. The third-order valence-electron chi connectivity index (χ3n) is 5.55. The molecule has 6 nitrogen and oxygen atoms in total. The fraction of sp³-hybridized carbons (Fsp3) is 0.259. The van der Waals surface area contributed by atoms with Crippen LogP contribution in [0.3, 0.4) is 0 Å². The van der Waals surface area contributed by atoms with Crippen molar-refractivity contribution in [1.82, 2.24) is 10.2 Å². The van der Waals surface area contributed by atoms with Gasteiger partial charge in [0.15, 0.2) is 11.5 Å². The number of amides is 2. The summed E-state index contributed by atoms with van der Waals surface area (Å²) in [6, 6.07) is 21.6. The molecule has 3 aromatic rings. The standard InChI is InChI=1S/C27H29ClN2O4/c1-19(27(32)29-17-20-9-12-23(28)13-10-20)30(18-21-7-5-4-6-8-21)26(31)16-22-11-14-24(33-2)25(15-22)34-3/h4-15,19H,16-18H2,1-3H3,(H,29,32)/t19-/m1/s1. The van der Waals surface area contributed by atoms with E-state index < -0.39 is 6.04 Å². The molecule has 0 fully saturated rings. The quantitative estimate of drug-likeness (QED) is 0.459. The number of nitrogens with one attached hydrogen (secondary N) is 1. The Morgan fingerprint density at radius 3 is 2.18 bits per heavy atom. The highest BCUT2D eigenvalue weighted by Gasteiger charge is 2.26. The predicted molar refractivity (Wildman–Crippen MR) is 133 cm³/mol. The van der Waals surface area contributed by atoms with Crippen molar-refractivity contribution in [2.45, 2.75) is 32.5 Å².